The van der Waals surface area contributed by atoms with Crippen molar-refractivity contribution in [2.75, 3.05) is 18.6 Å². The van der Waals surface area contributed by atoms with Crippen LogP contribution in [0.4, 0.5) is 0 Å². The molecule has 0 saturated carbocycles. The molecular weight excluding hydrogens is 236 g/mol. The van der Waals surface area contributed by atoms with Gasteiger partial charge in [0.25, 0.3) is 0 Å². The summed E-state index contributed by atoms with van der Waals surface area (Å²) in [6.07, 6.45) is 6.37. The molecule has 0 aromatic carbocycles. The third-order valence-electron chi connectivity index (χ3n) is 2.53. The number of pyridine rings is 1. The average Bonchev–Trinajstić information content (AvgIpc) is 2.29. The van der Waals surface area contributed by atoms with Crippen LogP contribution in [0.25, 0.3) is 0 Å². The van der Waals surface area contributed by atoms with E-state index in [1.165, 1.54) is 6.26 Å². The first-order valence-corrected chi connectivity index (χ1v) is 7.90. The van der Waals surface area contributed by atoms with Gasteiger partial charge in [0, 0.05) is 24.7 Å². The fourth-order valence-electron chi connectivity index (χ4n) is 1.63. The molecule has 0 aliphatic rings. The molecule has 0 spiro atoms. The normalized spacial score (nSPS) is 13.5. The van der Waals surface area contributed by atoms with Crippen molar-refractivity contribution in [3.63, 3.8) is 0 Å². The Morgan fingerprint density at radius 2 is 2.00 bits per heavy atom. The van der Waals surface area contributed by atoms with E-state index in [4.69, 9.17) is 0 Å². The molecule has 96 valence electrons. The summed E-state index contributed by atoms with van der Waals surface area (Å²) in [7, 11) is -2.91. The minimum absolute atomic E-state index is 0.0904. The van der Waals surface area contributed by atoms with Crippen molar-refractivity contribution in [1.29, 1.82) is 0 Å². The Bertz CT molecular complexity index is 417. The van der Waals surface area contributed by atoms with Crippen LogP contribution in [-0.2, 0) is 9.84 Å². The van der Waals surface area contributed by atoms with Crippen molar-refractivity contribution in [2.45, 2.75) is 25.8 Å². The highest BCUT2D eigenvalue weighted by atomic mass is 32.2. The molecule has 1 atom stereocenters. The first-order valence-electron chi connectivity index (χ1n) is 5.84. The molecule has 1 N–H and O–H groups in total. The molecule has 1 unspecified atom stereocenters. The smallest absolute Gasteiger partial charge is 0.147 e. The fourth-order valence-corrected chi connectivity index (χ4v) is 2.30. The Labute approximate surface area is 103 Å². The van der Waals surface area contributed by atoms with Crippen molar-refractivity contribution < 1.29 is 8.42 Å². The van der Waals surface area contributed by atoms with Crippen LogP contribution in [0.3, 0.4) is 0 Å². The maximum absolute atomic E-state index is 11.2. The van der Waals surface area contributed by atoms with Crippen LogP contribution in [0.1, 0.15) is 31.4 Å². The Hall–Kier alpha value is -0.940. The lowest BCUT2D eigenvalue weighted by atomic mass is 10.1. The molecule has 0 amide bonds. The second kappa shape index (κ2) is 6.71. The number of aromatic nitrogens is 1. The lowest BCUT2D eigenvalue weighted by Gasteiger charge is -2.18. The van der Waals surface area contributed by atoms with Gasteiger partial charge in [-0.3, -0.25) is 4.98 Å². The summed E-state index contributed by atoms with van der Waals surface area (Å²) in [5.74, 6) is 0.205. The van der Waals surface area contributed by atoms with E-state index in [1.807, 2.05) is 12.1 Å². The van der Waals surface area contributed by atoms with Crippen LogP contribution in [0.5, 0.6) is 0 Å². The minimum atomic E-state index is -2.91. The second-order valence-corrected chi connectivity index (χ2v) is 6.47. The summed E-state index contributed by atoms with van der Waals surface area (Å²) < 4.78 is 22.4. The van der Waals surface area contributed by atoms with Crippen molar-refractivity contribution in [1.82, 2.24) is 10.3 Å². The van der Waals surface area contributed by atoms with Crippen LogP contribution >= 0.6 is 0 Å². The summed E-state index contributed by atoms with van der Waals surface area (Å²) in [5, 5.41) is 3.37. The van der Waals surface area contributed by atoms with Crippen LogP contribution < -0.4 is 5.32 Å². The highest BCUT2D eigenvalue weighted by Crippen LogP contribution is 2.16. The molecule has 0 aliphatic heterocycles. The molecule has 1 aromatic heterocycles. The van der Waals surface area contributed by atoms with Gasteiger partial charge in [-0.15, -0.1) is 0 Å². The summed E-state index contributed by atoms with van der Waals surface area (Å²) in [4.78, 5) is 3.97. The predicted octanol–water partition coefficient (Wildman–Crippen LogP) is 1.56. The number of sulfone groups is 1. The van der Waals surface area contributed by atoms with E-state index in [-0.39, 0.29) is 11.8 Å². The number of rotatable bonds is 7. The van der Waals surface area contributed by atoms with Gasteiger partial charge in [0.1, 0.15) is 9.84 Å². The monoisotopic (exact) mass is 256 g/mol. The second-order valence-electron chi connectivity index (χ2n) is 4.21. The number of nitrogens with one attached hydrogen (secondary N) is 1. The van der Waals surface area contributed by atoms with Gasteiger partial charge in [-0.25, -0.2) is 8.42 Å². The molecule has 0 aliphatic carbocycles. The van der Waals surface area contributed by atoms with Crippen LogP contribution in [0.2, 0.25) is 0 Å². The molecule has 0 saturated heterocycles. The van der Waals surface area contributed by atoms with Crippen LogP contribution in [-0.4, -0.2) is 32.0 Å². The van der Waals surface area contributed by atoms with E-state index in [2.05, 4.69) is 17.2 Å². The Balaban J connectivity index is 2.67. The molecule has 0 bridgehead atoms. The molecule has 17 heavy (non-hydrogen) atoms. The molecular formula is C12H20N2O2S. The van der Waals surface area contributed by atoms with Gasteiger partial charge in [-0.1, -0.05) is 6.92 Å². The zero-order valence-corrected chi connectivity index (χ0v) is 11.2. The highest BCUT2D eigenvalue weighted by Gasteiger charge is 2.13. The zero-order chi connectivity index (χ0) is 12.7. The summed E-state index contributed by atoms with van der Waals surface area (Å²) >= 11 is 0. The van der Waals surface area contributed by atoms with Gasteiger partial charge in [0.2, 0.25) is 0 Å². The molecule has 1 aromatic rings. The van der Waals surface area contributed by atoms with Crippen LogP contribution in [0, 0.1) is 0 Å². The highest BCUT2D eigenvalue weighted by molar-refractivity contribution is 7.90. The summed E-state index contributed by atoms with van der Waals surface area (Å²) in [6, 6.07) is 3.94. The molecule has 1 rings (SSSR count). The van der Waals surface area contributed by atoms with E-state index < -0.39 is 9.84 Å². The first kappa shape index (κ1) is 14.1. The zero-order valence-electron chi connectivity index (χ0n) is 10.4. The summed E-state index contributed by atoms with van der Waals surface area (Å²) in [5.41, 5.74) is 1.09. The van der Waals surface area contributed by atoms with Gasteiger partial charge < -0.3 is 5.32 Å². The van der Waals surface area contributed by atoms with E-state index in [9.17, 15) is 8.42 Å². The molecule has 0 fully saturated rings. The number of hydrogen-bond donors (Lipinski definition) is 1. The first-order chi connectivity index (χ1) is 8.03. The van der Waals surface area contributed by atoms with Gasteiger partial charge >= 0.3 is 0 Å². The standard InChI is InChI=1S/C12H20N2O2S/c1-3-7-14-12(6-10-17(2,15)16)11-4-8-13-9-5-11/h4-5,8-9,12,14H,3,6-7,10H2,1-2H3. The minimum Gasteiger partial charge on any atom is -0.310 e. The Morgan fingerprint density at radius 1 is 1.35 bits per heavy atom. The summed E-state index contributed by atoms with van der Waals surface area (Å²) in [6.45, 7) is 2.98. The topological polar surface area (TPSA) is 59.1 Å². The quantitative estimate of drug-likeness (QED) is 0.804. The van der Waals surface area contributed by atoms with E-state index in [0.717, 1.165) is 18.5 Å². The third-order valence-corrected chi connectivity index (χ3v) is 3.50. The molecule has 4 nitrogen and oxygen atoms in total. The molecule has 0 radical (unpaired) electrons. The third kappa shape index (κ3) is 5.79. The average molecular weight is 256 g/mol. The lowest BCUT2D eigenvalue weighted by Crippen LogP contribution is -2.24. The van der Waals surface area contributed by atoms with Crippen molar-refractivity contribution in [2.24, 2.45) is 0 Å². The van der Waals surface area contributed by atoms with E-state index in [1.54, 1.807) is 12.4 Å². The van der Waals surface area contributed by atoms with Crippen LogP contribution in [0.15, 0.2) is 24.5 Å². The Morgan fingerprint density at radius 3 is 2.53 bits per heavy atom. The van der Waals surface area contributed by atoms with Gasteiger partial charge in [0.05, 0.1) is 5.75 Å². The maximum Gasteiger partial charge on any atom is 0.147 e. The van der Waals surface area contributed by atoms with Gasteiger partial charge in [0.15, 0.2) is 0 Å². The number of hydrogen-bond acceptors (Lipinski definition) is 4. The number of nitrogens with zero attached hydrogens (tertiary/aromatic N) is 1. The van der Waals surface area contributed by atoms with Crippen molar-refractivity contribution >= 4 is 9.84 Å². The SMILES string of the molecule is CCCNC(CCS(C)(=O)=O)c1ccncc1. The van der Waals surface area contributed by atoms with E-state index in [0.29, 0.717) is 6.42 Å². The van der Waals surface area contributed by atoms with Gasteiger partial charge in [-0.05, 0) is 37.1 Å². The maximum atomic E-state index is 11.2. The van der Waals surface area contributed by atoms with Crippen molar-refractivity contribution in [3.8, 4) is 0 Å². The predicted molar refractivity (Wildman–Crippen MR) is 69.6 cm³/mol. The molecule has 5 heteroatoms. The Kier molecular flexibility index (Phi) is 5.58. The van der Waals surface area contributed by atoms with Gasteiger partial charge in [-0.2, -0.15) is 0 Å². The van der Waals surface area contributed by atoms with E-state index >= 15 is 0 Å². The van der Waals surface area contributed by atoms with Crippen molar-refractivity contribution in [3.05, 3.63) is 30.1 Å². The largest absolute Gasteiger partial charge is 0.310 e. The molecule has 1 heterocycles. The fraction of sp³-hybridized carbons (Fsp3) is 0.583. The lowest BCUT2D eigenvalue weighted by molar-refractivity contribution is 0.513.